The maximum Gasteiger partial charge on any atom is 0.221 e. The van der Waals surface area contributed by atoms with E-state index in [9.17, 15) is 0 Å². The van der Waals surface area contributed by atoms with Gasteiger partial charge in [0, 0.05) is 18.6 Å². The van der Waals surface area contributed by atoms with Crippen LogP contribution in [0.5, 0.6) is 0 Å². The lowest BCUT2D eigenvalue weighted by Crippen LogP contribution is -2.47. The van der Waals surface area contributed by atoms with E-state index in [1.165, 1.54) is 5.56 Å². The van der Waals surface area contributed by atoms with Gasteiger partial charge in [0.05, 0.1) is 5.69 Å². The SMILES string of the molecule is CN1N(c2ccccc2)N(c2nccs2)NC1(C)c1ccccc1. The fourth-order valence-corrected chi connectivity index (χ4v) is 3.55. The smallest absolute Gasteiger partial charge is 0.221 e. The molecule has 1 N–H and O–H groups in total. The Kier molecular flexibility index (Phi) is 3.72. The Morgan fingerprint density at radius 2 is 1.67 bits per heavy atom. The third kappa shape index (κ3) is 2.36. The van der Waals surface area contributed by atoms with Crippen LogP contribution in [0.1, 0.15) is 12.5 Å². The van der Waals surface area contributed by atoms with E-state index in [0.29, 0.717) is 0 Å². The molecule has 122 valence electrons. The molecule has 1 aliphatic rings. The van der Waals surface area contributed by atoms with Crippen molar-refractivity contribution in [3.63, 3.8) is 0 Å². The van der Waals surface area contributed by atoms with E-state index in [-0.39, 0.29) is 5.66 Å². The average molecular weight is 337 g/mol. The van der Waals surface area contributed by atoms with Crippen molar-refractivity contribution in [2.75, 3.05) is 17.3 Å². The van der Waals surface area contributed by atoms with E-state index in [2.05, 4.69) is 70.9 Å². The minimum Gasteiger partial charge on any atom is -0.226 e. The second-order valence-corrected chi connectivity index (χ2v) is 6.70. The lowest BCUT2D eigenvalue weighted by atomic mass is 10.0. The maximum atomic E-state index is 4.48. The highest BCUT2D eigenvalue weighted by atomic mass is 32.1. The van der Waals surface area contributed by atoms with Crippen molar-refractivity contribution in [2.45, 2.75) is 12.6 Å². The third-order valence-corrected chi connectivity index (χ3v) is 5.11. The molecule has 1 aromatic heterocycles. The van der Waals surface area contributed by atoms with E-state index < -0.39 is 0 Å². The molecule has 1 unspecified atom stereocenters. The van der Waals surface area contributed by atoms with Crippen LogP contribution in [0.3, 0.4) is 0 Å². The van der Waals surface area contributed by atoms with Gasteiger partial charge in [-0.25, -0.2) is 4.98 Å². The Labute approximate surface area is 145 Å². The van der Waals surface area contributed by atoms with Crippen molar-refractivity contribution < 1.29 is 0 Å². The van der Waals surface area contributed by atoms with Crippen molar-refractivity contribution in [1.29, 1.82) is 0 Å². The number of nitrogens with one attached hydrogen (secondary N) is 1. The summed E-state index contributed by atoms with van der Waals surface area (Å²) in [7, 11) is 2.08. The van der Waals surface area contributed by atoms with Gasteiger partial charge in [-0.05, 0) is 24.6 Å². The Hall–Kier alpha value is -2.41. The van der Waals surface area contributed by atoms with Gasteiger partial charge in [0.25, 0.3) is 0 Å². The fraction of sp³-hybridized carbons (Fsp3) is 0.167. The monoisotopic (exact) mass is 337 g/mol. The predicted molar refractivity (Wildman–Crippen MR) is 98.2 cm³/mol. The molecule has 1 saturated heterocycles. The fourth-order valence-electron chi connectivity index (χ4n) is 2.96. The van der Waals surface area contributed by atoms with Gasteiger partial charge in [-0.2, -0.15) is 20.7 Å². The summed E-state index contributed by atoms with van der Waals surface area (Å²) >= 11 is 1.60. The summed E-state index contributed by atoms with van der Waals surface area (Å²) in [6.45, 7) is 2.17. The van der Waals surface area contributed by atoms with Crippen molar-refractivity contribution in [2.24, 2.45) is 0 Å². The van der Waals surface area contributed by atoms with E-state index in [1.807, 2.05) is 41.0 Å². The molecule has 0 spiro atoms. The van der Waals surface area contributed by atoms with E-state index >= 15 is 0 Å². The van der Waals surface area contributed by atoms with Crippen LogP contribution in [0.15, 0.2) is 72.2 Å². The first-order valence-electron chi connectivity index (χ1n) is 7.82. The highest BCUT2D eigenvalue weighted by Gasteiger charge is 2.46. The van der Waals surface area contributed by atoms with Gasteiger partial charge < -0.3 is 0 Å². The standard InChI is InChI=1S/C18H19N5S/c1-18(15-9-5-3-6-10-15)20-22(17-19-13-14-24-17)23(21(18)2)16-11-7-4-8-12-16/h3-14,20H,1-2H3. The van der Waals surface area contributed by atoms with Crippen LogP contribution in [0, 0.1) is 0 Å². The molecular formula is C18H19N5S. The molecule has 0 aliphatic carbocycles. The van der Waals surface area contributed by atoms with Crippen LogP contribution >= 0.6 is 11.3 Å². The molecule has 3 aromatic rings. The average Bonchev–Trinajstić information content (AvgIpc) is 3.25. The van der Waals surface area contributed by atoms with E-state index in [0.717, 1.165) is 10.8 Å². The Balaban J connectivity index is 1.81. The molecule has 0 saturated carbocycles. The third-order valence-electron chi connectivity index (χ3n) is 4.37. The summed E-state index contributed by atoms with van der Waals surface area (Å²) in [6, 6.07) is 20.7. The lowest BCUT2D eigenvalue weighted by molar-refractivity contribution is 0.161. The highest BCUT2D eigenvalue weighted by Crippen LogP contribution is 2.37. The van der Waals surface area contributed by atoms with Crippen molar-refractivity contribution in [3.05, 3.63) is 77.8 Å². The summed E-state index contributed by atoms with van der Waals surface area (Å²) in [6.07, 6.45) is 1.82. The number of anilines is 2. The van der Waals surface area contributed by atoms with Gasteiger partial charge in [-0.3, -0.25) is 0 Å². The van der Waals surface area contributed by atoms with Crippen molar-refractivity contribution >= 4 is 22.2 Å². The number of aromatic nitrogens is 1. The molecule has 1 fully saturated rings. The zero-order valence-corrected chi connectivity index (χ0v) is 14.4. The summed E-state index contributed by atoms with van der Waals surface area (Å²) in [5.41, 5.74) is 5.49. The molecule has 5 nitrogen and oxygen atoms in total. The Morgan fingerprint density at radius 3 is 2.29 bits per heavy atom. The number of hydrogen-bond acceptors (Lipinski definition) is 6. The molecule has 1 aliphatic heterocycles. The van der Waals surface area contributed by atoms with Gasteiger partial charge in [-0.1, -0.05) is 48.5 Å². The van der Waals surface area contributed by atoms with Gasteiger partial charge in [0.1, 0.15) is 5.66 Å². The number of nitrogens with zero attached hydrogens (tertiary/aromatic N) is 4. The molecule has 4 rings (SSSR count). The zero-order chi connectivity index (χ0) is 16.6. The second-order valence-electron chi connectivity index (χ2n) is 5.83. The van der Waals surface area contributed by atoms with E-state index in [4.69, 9.17) is 0 Å². The number of benzene rings is 2. The van der Waals surface area contributed by atoms with Gasteiger partial charge >= 0.3 is 0 Å². The number of para-hydroxylation sites is 1. The first kappa shape index (κ1) is 15.1. The Morgan fingerprint density at radius 1 is 1.00 bits per heavy atom. The molecule has 0 radical (unpaired) electrons. The van der Waals surface area contributed by atoms with Gasteiger partial charge in [0.2, 0.25) is 5.13 Å². The largest absolute Gasteiger partial charge is 0.226 e. The molecule has 2 aromatic carbocycles. The van der Waals surface area contributed by atoms with Gasteiger partial charge in [-0.15, -0.1) is 11.3 Å². The molecule has 24 heavy (non-hydrogen) atoms. The van der Waals surface area contributed by atoms with Crippen LogP contribution in [0.25, 0.3) is 0 Å². The van der Waals surface area contributed by atoms with Crippen molar-refractivity contribution in [3.8, 4) is 0 Å². The number of hydrogen-bond donors (Lipinski definition) is 1. The normalized spacial score (nSPS) is 21.4. The van der Waals surface area contributed by atoms with E-state index in [1.54, 1.807) is 11.3 Å². The van der Waals surface area contributed by atoms with Crippen LogP contribution in [-0.2, 0) is 5.66 Å². The molecule has 0 bridgehead atoms. The topological polar surface area (TPSA) is 34.6 Å². The second kappa shape index (κ2) is 5.90. The minimum absolute atomic E-state index is 0.386. The molecule has 2 heterocycles. The molecule has 1 atom stereocenters. The van der Waals surface area contributed by atoms with Crippen LogP contribution in [0.4, 0.5) is 10.8 Å². The Bertz CT molecular complexity index is 793. The predicted octanol–water partition coefficient (Wildman–Crippen LogP) is 3.61. The van der Waals surface area contributed by atoms with Crippen LogP contribution in [-0.4, -0.2) is 17.0 Å². The summed E-state index contributed by atoms with van der Waals surface area (Å²) in [4.78, 5) is 4.48. The first-order chi connectivity index (χ1) is 11.7. The van der Waals surface area contributed by atoms with Crippen LogP contribution < -0.4 is 15.7 Å². The van der Waals surface area contributed by atoms with Crippen molar-refractivity contribution in [1.82, 2.24) is 15.4 Å². The van der Waals surface area contributed by atoms with Gasteiger partial charge in [0.15, 0.2) is 0 Å². The quantitative estimate of drug-likeness (QED) is 0.790. The number of rotatable bonds is 3. The van der Waals surface area contributed by atoms with Crippen LogP contribution in [0.2, 0.25) is 0 Å². The molecule has 0 amide bonds. The maximum absolute atomic E-state index is 4.48. The number of hydrazine groups is 3. The first-order valence-corrected chi connectivity index (χ1v) is 8.70. The highest BCUT2D eigenvalue weighted by molar-refractivity contribution is 7.13. The minimum atomic E-state index is -0.386. The molecular weight excluding hydrogens is 318 g/mol. The number of thiazole rings is 1. The molecule has 6 heteroatoms. The lowest BCUT2D eigenvalue weighted by Gasteiger charge is -2.34. The zero-order valence-electron chi connectivity index (χ0n) is 13.6. The summed E-state index contributed by atoms with van der Waals surface area (Å²) in [5, 5.41) is 9.20. The summed E-state index contributed by atoms with van der Waals surface area (Å²) in [5.74, 6) is 0. The summed E-state index contributed by atoms with van der Waals surface area (Å²) < 4.78 is 0.